The number of rotatable bonds is 6. The highest BCUT2D eigenvalue weighted by atomic mass is 79.9. The standard InChI is InChI=1S/C13H15BrClNO3S/c1-8(13(18)19-2)6-20-7-12(17)16-11-4-3-9(14)5-10(11)15/h3-5,8H,6-7H2,1-2H3,(H,16,17). The summed E-state index contributed by atoms with van der Waals surface area (Å²) in [7, 11) is 1.35. The molecule has 0 fully saturated rings. The SMILES string of the molecule is COC(=O)C(C)CSCC(=O)Nc1ccc(Br)cc1Cl. The summed E-state index contributed by atoms with van der Waals surface area (Å²) in [6.07, 6.45) is 0. The quantitative estimate of drug-likeness (QED) is 0.766. The Kier molecular flexibility index (Phi) is 7.40. The molecule has 0 aromatic heterocycles. The van der Waals surface area contributed by atoms with Gasteiger partial charge >= 0.3 is 5.97 Å². The summed E-state index contributed by atoms with van der Waals surface area (Å²) in [6, 6.07) is 5.24. The van der Waals surface area contributed by atoms with Gasteiger partial charge in [0.15, 0.2) is 0 Å². The van der Waals surface area contributed by atoms with Crippen molar-refractivity contribution in [2.24, 2.45) is 5.92 Å². The molecule has 110 valence electrons. The number of thioether (sulfide) groups is 1. The highest BCUT2D eigenvalue weighted by Crippen LogP contribution is 2.25. The molecule has 0 aliphatic carbocycles. The van der Waals surface area contributed by atoms with Crippen LogP contribution in [0.25, 0.3) is 0 Å². The molecule has 0 bridgehead atoms. The third-order valence-corrected chi connectivity index (χ3v) is 4.42. The summed E-state index contributed by atoms with van der Waals surface area (Å²) in [5.74, 6) is 0.140. The number of anilines is 1. The summed E-state index contributed by atoms with van der Waals surface area (Å²) in [6.45, 7) is 1.77. The lowest BCUT2D eigenvalue weighted by Crippen LogP contribution is -2.18. The van der Waals surface area contributed by atoms with Gasteiger partial charge in [-0.2, -0.15) is 11.8 Å². The van der Waals surface area contributed by atoms with Crippen LogP contribution < -0.4 is 5.32 Å². The van der Waals surface area contributed by atoms with E-state index in [0.29, 0.717) is 16.5 Å². The van der Waals surface area contributed by atoms with Gasteiger partial charge in [0, 0.05) is 10.2 Å². The number of esters is 1. The van der Waals surface area contributed by atoms with Gasteiger partial charge in [0.25, 0.3) is 0 Å². The van der Waals surface area contributed by atoms with Crippen LogP contribution in [0.2, 0.25) is 5.02 Å². The number of carbonyl (C=O) groups excluding carboxylic acids is 2. The average Bonchev–Trinajstić information content (AvgIpc) is 2.41. The van der Waals surface area contributed by atoms with Crippen LogP contribution in [0.1, 0.15) is 6.92 Å². The van der Waals surface area contributed by atoms with Crippen molar-refractivity contribution in [2.45, 2.75) is 6.92 Å². The number of hydrogen-bond acceptors (Lipinski definition) is 4. The number of benzene rings is 1. The number of hydrogen-bond donors (Lipinski definition) is 1. The third-order valence-electron chi connectivity index (χ3n) is 2.41. The van der Waals surface area contributed by atoms with Crippen molar-refractivity contribution in [3.05, 3.63) is 27.7 Å². The summed E-state index contributed by atoms with van der Waals surface area (Å²) in [4.78, 5) is 22.9. The van der Waals surface area contributed by atoms with E-state index in [4.69, 9.17) is 11.6 Å². The summed E-state index contributed by atoms with van der Waals surface area (Å²) < 4.78 is 5.47. The highest BCUT2D eigenvalue weighted by molar-refractivity contribution is 9.10. The maximum atomic E-state index is 11.8. The van der Waals surface area contributed by atoms with Gasteiger partial charge in [-0.3, -0.25) is 9.59 Å². The zero-order valence-corrected chi connectivity index (χ0v) is 14.3. The number of ether oxygens (including phenoxy) is 1. The second-order valence-electron chi connectivity index (χ2n) is 4.11. The first kappa shape index (κ1) is 17.3. The molecule has 1 unspecified atom stereocenters. The van der Waals surface area contributed by atoms with Gasteiger partial charge in [-0.1, -0.05) is 34.5 Å². The van der Waals surface area contributed by atoms with Crippen molar-refractivity contribution in [2.75, 3.05) is 23.9 Å². The van der Waals surface area contributed by atoms with Crippen LogP contribution in [-0.2, 0) is 14.3 Å². The van der Waals surface area contributed by atoms with E-state index in [-0.39, 0.29) is 23.5 Å². The molecule has 4 nitrogen and oxygen atoms in total. The molecule has 0 spiro atoms. The summed E-state index contributed by atoms with van der Waals surface area (Å²) in [5.41, 5.74) is 0.571. The molecule has 7 heteroatoms. The molecule has 20 heavy (non-hydrogen) atoms. The Bertz CT molecular complexity index is 499. The fourth-order valence-corrected chi connectivity index (χ4v) is 2.96. The molecule has 1 rings (SSSR count). The largest absolute Gasteiger partial charge is 0.469 e. The molecule has 0 radical (unpaired) electrons. The van der Waals surface area contributed by atoms with Crippen molar-refractivity contribution < 1.29 is 14.3 Å². The Morgan fingerprint density at radius 1 is 1.50 bits per heavy atom. The normalized spacial score (nSPS) is 11.8. The van der Waals surface area contributed by atoms with E-state index in [1.807, 2.05) is 0 Å². The molecule has 1 aromatic rings. The molecule has 0 aliphatic rings. The monoisotopic (exact) mass is 379 g/mol. The molecule has 1 atom stereocenters. The number of nitrogens with one attached hydrogen (secondary N) is 1. The first-order chi connectivity index (χ1) is 9.43. The van der Waals surface area contributed by atoms with Crippen molar-refractivity contribution in [3.8, 4) is 0 Å². The maximum Gasteiger partial charge on any atom is 0.309 e. The van der Waals surface area contributed by atoms with E-state index < -0.39 is 0 Å². The summed E-state index contributed by atoms with van der Waals surface area (Å²) >= 11 is 10.7. The summed E-state index contributed by atoms with van der Waals surface area (Å²) in [5, 5.41) is 3.20. The van der Waals surface area contributed by atoms with Crippen molar-refractivity contribution in [1.29, 1.82) is 0 Å². The second-order valence-corrected chi connectivity index (χ2v) is 6.46. The molecule has 1 amide bonds. The Labute approximate surface area is 135 Å². The Hall–Kier alpha value is -0.720. The predicted octanol–water partition coefficient (Wildman–Crippen LogP) is 3.58. The van der Waals surface area contributed by atoms with Gasteiger partial charge in [0.2, 0.25) is 5.91 Å². The lowest BCUT2D eigenvalue weighted by molar-refractivity contribution is -0.144. The lowest BCUT2D eigenvalue weighted by Gasteiger charge is -2.09. The second kappa shape index (κ2) is 8.54. The van der Waals surface area contributed by atoms with Gasteiger partial charge in [0.05, 0.1) is 29.5 Å². The minimum atomic E-state index is -0.270. The fourth-order valence-electron chi connectivity index (χ4n) is 1.37. The van der Waals surface area contributed by atoms with E-state index in [1.165, 1.54) is 18.9 Å². The van der Waals surface area contributed by atoms with Crippen LogP contribution in [0.4, 0.5) is 5.69 Å². The lowest BCUT2D eigenvalue weighted by atomic mass is 10.2. The Morgan fingerprint density at radius 3 is 2.80 bits per heavy atom. The van der Waals surface area contributed by atoms with Crippen LogP contribution in [0, 0.1) is 5.92 Å². The van der Waals surface area contributed by atoms with Gasteiger partial charge < -0.3 is 10.1 Å². The Balaban J connectivity index is 2.39. The molecular weight excluding hydrogens is 366 g/mol. The molecule has 1 N–H and O–H groups in total. The zero-order chi connectivity index (χ0) is 15.1. The smallest absolute Gasteiger partial charge is 0.309 e. The molecule has 0 aliphatic heterocycles. The van der Waals surface area contributed by atoms with Crippen LogP contribution in [-0.4, -0.2) is 30.5 Å². The number of amides is 1. The van der Waals surface area contributed by atoms with Crippen LogP contribution in [0.15, 0.2) is 22.7 Å². The number of carbonyl (C=O) groups is 2. The first-order valence-corrected chi connectivity index (χ1v) is 8.17. The van der Waals surface area contributed by atoms with Gasteiger partial charge in [-0.25, -0.2) is 0 Å². The van der Waals surface area contributed by atoms with E-state index in [1.54, 1.807) is 25.1 Å². The zero-order valence-electron chi connectivity index (χ0n) is 11.1. The molecule has 0 saturated carbocycles. The minimum Gasteiger partial charge on any atom is -0.469 e. The molecule has 0 heterocycles. The fraction of sp³-hybridized carbons (Fsp3) is 0.385. The number of methoxy groups -OCH3 is 1. The third kappa shape index (κ3) is 5.73. The molecule has 0 saturated heterocycles. The highest BCUT2D eigenvalue weighted by Gasteiger charge is 2.14. The Morgan fingerprint density at radius 2 is 2.20 bits per heavy atom. The molecular formula is C13H15BrClNO3S. The van der Waals surface area contributed by atoms with Crippen molar-refractivity contribution >= 4 is 56.9 Å². The molecule has 1 aromatic carbocycles. The van der Waals surface area contributed by atoms with Gasteiger partial charge in [0.1, 0.15) is 0 Å². The van der Waals surface area contributed by atoms with Crippen LogP contribution in [0.3, 0.4) is 0 Å². The van der Waals surface area contributed by atoms with Gasteiger partial charge in [-0.05, 0) is 18.2 Å². The van der Waals surface area contributed by atoms with E-state index in [9.17, 15) is 9.59 Å². The van der Waals surface area contributed by atoms with E-state index in [0.717, 1.165) is 4.47 Å². The first-order valence-electron chi connectivity index (χ1n) is 5.84. The number of halogens is 2. The maximum absolute atomic E-state index is 11.8. The van der Waals surface area contributed by atoms with Crippen LogP contribution in [0.5, 0.6) is 0 Å². The van der Waals surface area contributed by atoms with Gasteiger partial charge in [-0.15, -0.1) is 0 Å². The van der Waals surface area contributed by atoms with Crippen molar-refractivity contribution in [1.82, 2.24) is 0 Å². The topological polar surface area (TPSA) is 55.4 Å². The van der Waals surface area contributed by atoms with E-state index >= 15 is 0 Å². The van der Waals surface area contributed by atoms with E-state index in [2.05, 4.69) is 26.0 Å². The average molecular weight is 381 g/mol. The van der Waals surface area contributed by atoms with Crippen molar-refractivity contribution in [3.63, 3.8) is 0 Å². The minimum absolute atomic E-state index is 0.156. The van der Waals surface area contributed by atoms with Crippen LogP contribution >= 0.6 is 39.3 Å². The predicted molar refractivity (Wildman–Crippen MR) is 86.3 cm³/mol.